The van der Waals surface area contributed by atoms with Crippen LogP contribution in [0.5, 0.6) is 0 Å². The van der Waals surface area contributed by atoms with Crippen LogP contribution in [0.3, 0.4) is 0 Å². The minimum atomic E-state index is -2.06. The first-order valence-corrected chi connectivity index (χ1v) is 16.6. The van der Waals surface area contributed by atoms with Crippen molar-refractivity contribution >= 4 is 13.3 Å². The third-order valence-corrected chi connectivity index (χ3v) is 25.5. The molecule has 2 aliphatic carbocycles. The van der Waals surface area contributed by atoms with Crippen LogP contribution in [0.4, 0.5) is 0 Å². The first-order valence-electron chi connectivity index (χ1n) is 11.2. The number of hydrogen-bond acceptors (Lipinski definition) is 0. The van der Waals surface area contributed by atoms with E-state index >= 15 is 0 Å². The van der Waals surface area contributed by atoms with Crippen molar-refractivity contribution in [2.75, 3.05) is 0 Å². The van der Waals surface area contributed by atoms with Gasteiger partial charge in [0, 0.05) is 0 Å². The van der Waals surface area contributed by atoms with Crippen molar-refractivity contribution in [3.05, 3.63) is 11.1 Å². The summed E-state index contributed by atoms with van der Waals surface area (Å²) in [6.07, 6.45) is 0. The zero-order valence-electron chi connectivity index (χ0n) is 18.7. The molecule has 1 aliphatic heterocycles. The second-order valence-corrected chi connectivity index (χ2v) is 20.5. The second kappa shape index (κ2) is 6.71. The quantitative estimate of drug-likeness (QED) is 0.327. The molecular formula is C24H44Ge. The van der Waals surface area contributed by atoms with Crippen LogP contribution in [0, 0.1) is 47.3 Å². The zero-order valence-corrected chi connectivity index (χ0v) is 20.8. The van der Waals surface area contributed by atoms with Crippen molar-refractivity contribution < 1.29 is 0 Å². The summed E-state index contributed by atoms with van der Waals surface area (Å²) in [7, 11) is 0. The third kappa shape index (κ3) is 2.74. The minimum absolute atomic E-state index is 0.922. The van der Waals surface area contributed by atoms with Crippen molar-refractivity contribution in [2.24, 2.45) is 47.3 Å². The van der Waals surface area contributed by atoms with Gasteiger partial charge in [-0.05, 0) is 0 Å². The molecule has 0 aromatic carbocycles. The molecule has 8 atom stereocenters. The Morgan fingerprint density at radius 2 is 0.720 bits per heavy atom. The van der Waals surface area contributed by atoms with Crippen LogP contribution >= 0.6 is 0 Å². The van der Waals surface area contributed by atoms with E-state index in [9.17, 15) is 0 Å². The van der Waals surface area contributed by atoms with E-state index in [4.69, 9.17) is 0 Å². The van der Waals surface area contributed by atoms with Gasteiger partial charge >= 0.3 is 161 Å². The van der Waals surface area contributed by atoms with Gasteiger partial charge in [-0.2, -0.15) is 0 Å². The number of hydrogen-bond donors (Lipinski definition) is 0. The van der Waals surface area contributed by atoms with Crippen molar-refractivity contribution in [2.45, 2.75) is 89.2 Å². The van der Waals surface area contributed by atoms with Crippen LogP contribution in [-0.2, 0) is 0 Å². The summed E-state index contributed by atoms with van der Waals surface area (Å²) in [4.78, 5) is 0. The van der Waals surface area contributed by atoms with Gasteiger partial charge < -0.3 is 0 Å². The normalized spacial score (nSPS) is 53.0. The Hall–Kier alpha value is 0.283. The summed E-state index contributed by atoms with van der Waals surface area (Å²) in [6.45, 7) is 25.8. The molecule has 2 fully saturated rings. The third-order valence-electron chi connectivity index (χ3n) is 10.5. The Kier molecular flexibility index (Phi) is 5.38. The summed E-state index contributed by atoms with van der Waals surface area (Å²) >= 11 is -2.06. The summed E-state index contributed by atoms with van der Waals surface area (Å²) in [5, 5.41) is 3.15. The molecule has 0 radical (unpaired) electrons. The molecule has 0 N–H and O–H groups in total. The zero-order chi connectivity index (χ0) is 18.8. The Bertz CT molecular complexity index is 470. The average molecular weight is 405 g/mol. The van der Waals surface area contributed by atoms with E-state index in [2.05, 4.69) is 69.2 Å². The van der Waals surface area contributed by atoms with Gasteiger partial charge in [0.05, 0.1) is 0 Å². The predicted octanol–water partition coefficient (Wildman–Crippen LogP) is 7.64. The average Bonchev–Trinajstić information content (AvgIpc) is 3.03. The van der Waals surface area contributed by atoms with E-state index < -0.39 is 13.3 Å². The van der Waals surface area contributed by atoms with Crippen LogP contribution in [0.15, 0.2) is 11.1 Å². The molecule has 3 aliphatic rings. The number of allylic oxidation sites excluding steroid dienone is 2. The fourth-order valence-corrected chi connectivity index (χ4v) is 28.2. The van der Waals surface area contributed by atoms with Gasteiger partial charge in [0.1, 0.15) is 0 Å². The van der Waals surface area contributed by atoms with E-state index in [0.717, 1.165) is 56.8 Å². The molecule has 0 amide bonds. The van der Waals surface area contributed by atoms with E-state index in [1.54, 1.807) is 21.7 Å². The number of rotatable bonds is 2. The van der Waals surface area contributed by atoms with Gasteiger partial charge in [-0.1, -0.05) is 0 Å². The van der Waals surface area contributed by atoms with Crippen LogP contribution < -0.4 is 0 Å². The molecule has 0 bridgehead atoms. The van der Waals surface area contributed by atoms with Crippen LogP contribution in [0.2, 0.25) is 20.0 Å². The SMILES string of the molecule is CC1=C(C)[CH2][Ge]([CH]2C(C)C(C)C(C)C2C)([CH]2C(C)C(C)C(C)C2C)[CH2]1. The van der Waals surface area contributed by atoms with Crippen LogP contribution in [-0.4, -0.2) is 13.3 Å². The molecule has 25 heavy (non-hydrogen) atoms. The van der Waals surface area contributed by atoms with Gasteiger partial charge in [0.2, 0.25) is 0 Å². The molecule has 0 spiro atoms. The van der Waals surface area contributed by atoms with Gasteiger partial charge in [0.25, 0.3) is 0 Å². The Balaban J connectivity index is 2.08. The van der Waals surface area contributed by atoms with E-state index in [1.807, 2.05) is 0 Å². The van der Waals surface area contributed by atoms with Gasteiger partial charge in [0.15, 0.2) is 0 Å². The molecule has 144 valence electrons. The summed E-state index contributed by atoms with van der Waals surface area (Å²) in [5.74, 6) is 7.50. The predicted molar refractivity (Wildman–Crippen MR) is 115 cm³/mol. The van der Waals surface area contributed by atoms with Crippen molar-refractivity contribution in [3.8, 4) is 0 Å². The maximum absolute atomic E-state index is 2.64. The van der Waals surface area contributed by atoms with Gasteiger partial charge in [-0.15, -0.1) is 0 Å². The molecule has 0 aromatic heterocycles. The Morgan fingerprint density at radius 1 is 0.480 bits per heavy atom. The Morgan fingerprint density at radius 3 is 0.960 bits per heavy atom. The standard InChI is InChI=1S/C24H44Ge/c1-13-11-25(12-14(13)2,23-19(7)15(3)16(4)20(23)8)24-21(9)17(5)18(6)22(24)10/h15-24H,11-12H2,1-10H3. The molecule has 1 heteroatoms. The molecule has 0 saturated heterocycles. The molecule has 1 heterocycles. The first-order chi connectivity index (χ1) is 11.5. The molecule has 8 unspecified atom stereocenters. The molecule has 0 aromatic rings. The summed E-state index contributed by atoms with van der Waals surface area (Å²) in [6, 6.07) is 0. The van der Waals surface area contributed by atoms with Crippen LogP contribution in [0.1, 0.15) is 69.2 Å². The Labute approximate surface area is 161 Å². The molecule has 2 saturated carbocycles. The monoisotopic (exact) mass is 406 g/mol. The van der Waals surface area contributed by atoms with E-state index in [1.165, 1.54) is 0 Å². The molecule has 0 nitrogen and oxygen atoms in total. The summed E-state index contributed by atoms with van der Waals surface area (Å²) in [5.41, 5.74) is 3.61. The van der Waals surface area contributed by atoms with Crippen molar-refractivity contribution in [1.82, 2.24) is 0 Å². The molecular weight excluding hydrogens is 361 g/mol. The fourth-order valence-electron chi connectivity index (χ4n) is 8.32. The van der Waals surface area contributed by atoms with Crippen LogP contribution in [0.25, 0.3) is 0 Å². The van der Waals surface area contributed by atoms with E-state index in [0.29, 0.717) is 0 Å². The topological polar surface area (TPSA) is 0 Å². The van der Waals surface area contributed by atoms with Gasteiger partial charge in [-0.3, -0.25) is 0 Å². The van der Waals surface area contributed by atoms with E-state index in [-0.39, 0.29) is 0 Å². The van der Waals surface area contributed by atoms with Gasteiger partial charge in [-0.25, -0.2) is 0 Å². The maximum atomic E-state index is 2.64. The van der Waals surface area contributed by atoms with Crippen molar-refractivity contribution in [3.63, 3.8) is 0 Å². The first kappa shape index (κ1) is 20.0. The second-order valence-electron chi connectivity index (χ2n) is 11.1. The summed E-state index contributed by atoms with van der Waals surface area (Å²) < 4.78 is 2.18. The fraction of sp³-hybridized carbons (Fsp3) is 0.917. The molecule has 3 rings (SSSR count). The van der Waals surface area contributed by atoms with Crippen molar-refractivity contribution in [1.29, 1.82) is 0 Å².